The van der Waals surface area contributed by atoms with Gasteiger partial charge >= 0.3 is 0 Å². The SMILES string of the molecule is CC(NCCC(=O)N(C)C)c1ccc(F)cc1. The van der Waals surface area contributed by atoms with Crippen LogP contribution >= 0.6 is 0 Å². The van der Waals surface area contributed by atoms with Crippen molar-refractivity contribution in [1.29, 1.82) is 0 Å². The Morgan fingerprint density at radius 2 is 1.94 bits per heavy atom. The molecule has 0 saturated carbocycles. The molecule has 4 heteroatoms. The smallest absolute Gasteiger partial charge is 0.223 e. The maximum Gasteiger partial charge on any atom is 0.223 e. The monoisotopic (exact) mass is 238 g/mol. The minimum Gasteiger partial charge on any atom is -0.349 e. The van der Waals surface area contributed by atoms with Crippen LogP contribution in [0.5, 0.6) is 0 Å². The molecule has 0 radical (unpaired) electrons. The van der Waals surface area contributed by atoms with Crippen LogP contribution in [0.25, 0.3) is 0 Å². The zero-order valence-corrected chi connectivity index (χ0v) is 10.5. The summed E-state index contributed by atoms with van der Waals surface area (Å²) in [5.74, 6) is -0.132. The average Bonchev–Trinajstić information content (AvgIpc) is 2.29. The molecule has 0 spiro atoms. The molecule has 3 nitrogen and oxygen atoms in total. The van der Waals surface area contributed by atoms with Crippen molar-refractivity contribution in [3.8, 4) is 0 Å². The Balaban J connectivity index is 2.37. The summed E-state index contributed by atoms with van der Waals surface area (Å²) in [5, 5.41) is 3.23. The van der Waals surface area contributed by atoms with E-state index in [0.717, 1.165) is 5.56 Å². The zero-order chi connectivity index (χ0) is 12.8. The number of rotatable bonds is 5. The van der Waals surface area contributed by atoms with Crippen LogP contribution in [0.1, 0.15) is 24.9 Å². The summed E-state index contributed by atoms with van der Waals surface area (Å²) in [7, 11) is 3.48. The summed E-state index contributed by atoms with van der Waals surface area (Å²) >= 11 is 0. The fourth-order valence-electron chi connectivity index (χ4n) is 1.49. The predicted octanol–water partition coefficient (Wildman–Crippen LogP) is 1.95. The number of carbonyl (C=O) groups is 1. The first kappa shape index (κ1) is 13.6. The van der Waals surface area contributed by atoms with Crippen LogP contribution in [0.4, 0.5) is 4.39 Å². The van der Waals surface area contributed by atoms with Gasteiger partial charge in [-0.25, -0.2) is 4.39 Å². The van der Waals surface area contributed by atoms with E-state index in [1.807, 2.05) is 6.92 Å². The molecule has 1 aromatic carbocycles. The van der Waals surface area contributed by atoms with Gasteiger partial charge in [-0.2, -0.15) is 0 Å². The van der Waals surface area contributed by atoms with Crippen molar-refractivity contribution in [2.24, 2.45) is 0 Å². The molecule has 17 heavy (non-hydrogen) atoms. The van der Waals surface area contributed by atoms with Gasteiger partial charge in [0, 0.05) is 33.1 Å². The lowest BCUT2D eigenvalue weighted by Gasteiger charge is -2.15. The first-order valence-corrected chi connectivity index (χ1v) is 5.69. The van der Waals surface area contributed by atoms with Gasteiger partial charge in [0.05, 0.1) is 0 Å². The van der Waals surface area contributed by atoms with E-state index >= 15 is 0 Å². The molecule has 0 aromatic heterocycles. The predicted molar refractivity (Wildman–Crippen MR) is 66.1 cm³/mol. The number of hydrogen-bond acceptors (Lipinski definition) is 2. The Bertz CT molecular complexity index is 362. The molecule has 1 unspecified atom stereocenters. The fraction of sp³-hybridized carbons (Fsp3) is 0.462. The molecule has 1 aromatic rings. The summed E-state index contributed by atoms with van der Waals surface area (Å²) in [4.78, 5) is 12.9. The van der Waals surface area contributed by atoms with E-state index in [4.69, 9.17) is 0 Å². The molecule has 1 atom stereocenters. The van der Waals surface area contributed by atoms with Crippen LogP contribution in [0, 0.1) is 5.82 Å². The Morgan fingerprint density at radius 3 is 2.47 bits per heavy atom. The van der Waals surface area contributed by atoms with Crippen LogP contribution in [0.15, 0.2) is 24.3 Å². The lowest BCUT2D eigenvalue weighted by atomic mass is 10.1. The summed E-state index contributed by atoms with van der Waals surface area (Å²) in [6.07, 6.45) is 0.471. The Kier molecular flexibility index (Phi) is 5.10. The highest BCUT2D eigenvalue weighted by Gasteiger charge is 2.07. The van der Waals surface area contributed by atoms with E-state index < -0.39 is 0 Å². The van der Waals surface area contributed by atoms with E-state index in [-0.39, 0.29) is 17.8 Å². The van der Waals surface area contributed by atoms with E-state index in [2.05, 4.69) is 5.32 Å². The van der Waals surface area contributed by atoms with Crippen LogP contribution < -0.4 is 5.32 Å². The number of nitrogens with zero attached hydrogens (tertiary/aromatic N) is 1. The van der Waals surface area contributed by atoms with Crippen molar-refractivity contribution in [1.82, 2.24) is 10.2 Å². The standard InChI is InChI=1S/C13H19FN2O/c1-10(11-4-6-12(14)7-5-11)15-9-8-13(17)16(2)3/h4-7,10,15H,8-9H2,1-3H3. The third kappa shape index (κ3) is 4.53. The van der Waals surface area contributed by atoms with Gasteiger partial charge in [-0.3, -0.25) is 4.79 Å². The number of benzene rings is 1. The summed E-state index contributed by atoms with van der Waals surface area (Å²) in [5.41, 5.74) is 1.02. The maximum atomic E-state index is 12.7. The third-order valence-electron chi connectivity index (χ3n) is 2.66. The molecule has 94 valence electrons. The number of hydrogen-bond donors (Lipinski definition) is 1. The highest BCUT2D eigenvalue weighted by atomic mass is 19.1. The van der Waals surface area contributed by atoms with Crippen molar-refractivity contribution in [2.75, 3.05) is 20.6 Å². The van der Waals surface area contributed by atoms with Gasteiger partial charge in [-0.1, -0.05) is 12.1 Å². The zero-order valence-electron chi connectivity index (χ0n) is 10.5. The van der Waals surface area contributed by atoms with Crippen molar-refractivity contribution < 1.29 is 9.18 Å². The molecule has 1 N–H and O–H groups in total. The van der Waals surface area contributed by atoms with Gasteiger partial charge in [0.15, 0.2) is 0 Å². The largest absolute Gasteiger partial charge is 0.349 e. The van der Waals surface area contributed by atoms with E-state index in [1.165, 1.54) is 12.1 Å². The lowest BCUT2D eigenvalue weighted by Crippen LogP contribution is -2.28. The minimum absolute atomic E-state index is 0.101. The molecule has 0 bridgehead atoms. The molecule has 0 aliphatic heterocycles. The second kappa shape index (κ2) is 6.35. The van der Waals surface area contributed by atoms with Gasteiger partial charge in [-0.15, -0.1) is 0 Å². The number of carbonyl (C=O) groups excluding carboxylic acids is 1. The van der Waals surface area contributed by atoms with Gasteiger partial charge < -0.3 is 10.2 Å². The van der Waals surface area contributed by atoms with Crippen molar-refractivity contribution >= 4 is 5.91 Å². The molecular formula is C13H19FN2O. The van der Waals surface area contributed by atoms with Crippen LogP contribution in [0.3, 0.4) is 0 Å². The van der Waals surface area contributed by atoms with E-state index in [9.17, 15) is 9.18 Å². The Morgan fingerprint density at radius 1 is 1.35 bits per heavy atom. The van der Waals surface area contributed by atoms with Crippen LogP contribution in [-0.4, -0.2) is 31.4 Å². The van der Waals surface area contributed by atoms with Crippen LogP contribution in [-0.2, 0) is 4.79 Å². The first-order valence-electron chi connectivity index (χ1n) is 5.69. The molecule has 0 heterocycles. The minimum atomic E-state index is -0.233. The van der Waals surface area contributed by atoms with E-state index in [1.54, 1.807) is 31.1 Å². The Labute approximate surface area is 102 Å². The van der Waals surface area contributed by atoms with E-state index in [0.29, 0.717) is 13.0 Å². The number of nitrogens with one attached hydrogen (secondary N) is 1. The molecule has 0 aliphatic rings. The second-order valence-corrected chi connectivity index (χ2v) is 4.27. The second-order valence-electron chi connectivity index (χ2n) is 4.27. The molecular weight excluding hydrogens is 219 g/mol. The first-order chi connectivity index (χ1) is 8.00. The highest BCUT2D eigenvalue weighted by molar-refractivity contribution is 5.75. The van der Waals surface area contributed by atoms with Gasteiger partial charge in [0.2, 0.25) is 5.91 Å². The molecule has 0 aliphatic carbocycles. The normalized spacial score (nSPS) is 12.2. The van der Waals surface area contributed by atoms with Gasteiger partial charge in [-0.05, 0) is 24.6 Å². The van der Waals surface area contributed by atoms with Crippen molar-refractivity contribution in [3.05, 3.63) is 35.6 Å². The summed E-state index contributed by atoms with van der Waals surface area (Å²) < 4.78 is 12.7. The molecule has 1 rings (SSSR count). The lowest BCUT2D eigenvalue weighted by molar-refractivity contribution is -0.128. The topological polar surface area (TPSA) is 32.3 Å². The highest BCUT2D eigenvalue weighted by Crippen LogP contribution is 2.12. The molecule has 0 fully saturated rings. The van der Waals surface area contributed by atoms with Crippen molar-refractivity contribution in [3.63, 3.8) is 0 Å². The maximum absolute atomic E-state index is 12.7. The average molecular weight is 238 g/mol. The Hall–Kier alpha value is -1.42. The summed E-state index contributed by atoms with van der Waals surface area (Å²) in [6.45, 7) is 2.61. The molecule has 1 amide bonds. The molecule has 0 saturated heterocycles. The quantitative estimate of drug-likeness (QED) is 0.850. The van der Waals surface area contributed by atoms with Gasteiger partial charge in [0.1, 0.15) is 5.82 Å². The summed E-state index contributed by atoms with van der Waals surface area (Å²) in [6, 6.07) is 6.50. The fourth-order valence-corrected chi connectivity index (χ4v) is 1.49. The number of halogens is 1. The van der Waals surface area contributed by atoms with Crippen molar-refractivity contribution in [2.45, 2.75) is 19.4 Å². The van der Waals surface area contributed by atoms with Crippen LogP contribution in [0.2, 0.25) is 0 Å². The third-order valence-corrected chi connectivity index (χ3v) is 2.66. The van der Waals surface area contributed by atoms with Gasteiger partial charge in [0.25, 0.3) is 0 Å². The number of amides is 1.